The first-order valence-electron chi connectivity index (χ1n) is 6.59. The molecule has 0 aromatic carbocycles. The van der Waals surface area contributed by atoms with Crippen LogP contribution in [0.3, 0.4) is 0 Å². The van der Waals surface area contributed by atoms with E-state index in [-0.39, 0.29) is 0 Å². The van der Waals surface area contributed by atoms with Gasteiger partial charge in [0.2, 0.25) is 0 Å². The Bertz CT molecular complexity index is 331. The summed E-state index contributed by atoms with van der Waals surface area (Å²) in [6.45, 7) is 8.86. The maximum atomic E-state index is 4.40. The largest absolute Gasteiger partial charge is 0.310 e. The second kappa shape index (κ2) is 5.61. The molecular weight excluding hydrogens is 210 g/mol. The highest BCUT2D eigenvalue weighted by molar-refractivity contribution is 5.04. The molecule has 1 aliphatic heterocycles. The van der Waals surface area contributed by atoms with Crippen LogP contribution in [-0.4, -0.2) is 35.1 Å². The molecule has 1 saturated heterocycles. The number of aromatic nitrogens is 1. The molecule has 3 nitrogen and oxygen atoms in total. The number of likely N-dealkylation sites (N-methyl/N-ethyl adjacent to an activating group) is 1. The molecular formula is C14H23N3. The molecule has 17 heavy (non-hydrogen) atoms. The summed E-state index contributed by atoms with van der Waals surface area (Å²) in [5.74, 6) is 0. The monoisotopic (exact) mass is 233 g/mol. The van der Waals surface area contributed by atoms with Gasteiger partial charge in [0.05, 0.1) is 5.69 Å². The SMILES string of the molecule is CCN(Cc1ccccn1)CC1(C)CCCN1. The molecule has 1 atom stereocenters. The van der Waals surface area contributed by atoms with E-state index in [1.54, 1.807) is 0 Å². The van der Waals surface area contributed by atoms with Crippen LogP contribution in [0, 0.1) is 0 Å². The van der Waals surface area contributed by atoms with Crippen LogP contribution in [0.25, 0.3) is 0 Å². The van der Waals surface area contributed by atoms with Gasteiger partial charge in [0.15, 0.2) is 0 Å². The van der Waals surface area contributed by atoms with Crippen molar-refractivity contribution in [2.45, 2.75) is 38.8 Å². The van der Waals surface area contributed by atoms with Crippen LogP contribution < -0.4 is 5.32 Å². The van der Waals surface area contributed by atoms with Gasteiger partial charge >= 0.3 is 0 Å². The number of nitrogens with one attached hydrogen (secondary N) is 1. The summed E-state index contributed by atoms with van der Waals surface area (Å²) in [4.78, 5) is 6.87. The van der Waals surface area contributed by atoms with E-state index in [4.69, 9.17) is 0 Å². The van der Waals surface area contributed by atoms with Crippen molar-refractivity contribution in [1.82, 2.24) is 15.2 Å². The van der Waals surface area contributed by atoms with E-state index in [9.17, 15) is 0 Å². The summed E-state index contributed by atoms with van der Waals surface area (Å²) in [7, 11) is 0. The number of pyridine rings is 1. The van der Waals surface area contributed by atoms with Crippen LogP contribution in [0.15, 0.2) is 24.4 Å². The fraction of sp³-hybridized carbons (Fsp3) is 0.643. The third-order valence-corrected chi connectivity index (χ3v) is 3.59. The fourth-order valence-electron chi connectivity index (χ4n) is 2.59. The van der Waals surface area contributed by atoms with Gasteiger partial charge < -0.3 is 5.32 Å². The van der Waals surface area contributed by atoms with E-state index in [1.807, 2.05) is 12.3 Å². The smallest absolute Gasteiger partial charge is 0.0543 e. The van der Waals surface area contributed by atoms with Gasteiger partial charge in [-0.2, -0.15) is 0 Å². The summed E-state index contributed by atoms with van der Waals surface area (Å²) >= 11 is 0. The number of hydrogen-bond acceptors (Lipinski definition) is 3. The molecule has 1 aliphatic rings. The molecule has 2 rings (SSSR count). The summed E-state index contributed by atoms with van der Waals surface area (Å²) in [5.41, 5.74) is 1.46. The maximum absolute atomic E-state index is 4.40. The summed E-state index contributed by atoms with van der Waals surface area (Å²) in [5, 5.41) is 3.62. The Morgan fingerprint density at radius 1 is 1.47 bits per heavy atom. The lowest BCUT2D eigenvalue weighted by Gasteiger charge is -2.31. The second-order valence-electron chi connectivity index (χ2n) is 5.22. The standard InChI is InChI=1S/C14H23N3/c1-3-17(11-13-7-4-5-9-15-13)12-14(2)8-6-10-16-14/h4-5,7,9,16H,3,6,8,10-12H2,1-2H3. The first-order valence-corrected chi connectivity index (χ1v) is 6.59. The Balaban J connectivity index is 1.93. The normalized spacial score (nSPS) is 24.4. The van der Waals surface area contributed by atoms with E-state index in [0.29, 0.717) is 5.54 Å². The minimum atomic E-state index is 0.296. The molecule has 1 aromatic heterocycles. The Morgan fingerprint density at radius 3 is 2.94 bits per heavy atom. The van der Waals surface area contributed by atoms with Crippen molar-refractivity contribution in [1.29, 1.82) is 0 Å². The molecule has 0 saturated carbocycles. The minimum Gasteiger partial charge on any atom is -0.310 e. The summed E-state index contributed by atoms with van der Waals surface area (Å²) in [6.07, 6.45) is 4.46. The average molecular weight is 233 g/mol. The molecule has 0 radical (unpaired) electrons. The van der Waals surface area contributed by atoms with E-state index in [2.05, 4.69) is 41.2 Å². The van der Waals surface area contributed by atoms with Crippen LogP contribution in [0.1, 0.15) is 32.4 Å². The first-order chi connectivity index (χ1) is 8.22. The van der Waals surface area contributed by atoms with Crippen LogP contribution >= 0.6 is 0 Å². The molecule has 0 amide bonds. The number of nitrogens with zero attached hydrogens (tertiary/aromatic N) is 2. The van der Waals surface area contributed by atoms with Crippen LogP contribution in [0.4, 0.5) is 0 Å². The highest BCUT2D eigenvalue weighted by atomic mass is 15.2. The topological polar surface area (TPSA) is 28.2 Å². The highest BCUT2D eigenvalue weighted by Crippen LogP contribution is 2.20. The first kappa shape index (κ1) is 12.5. The van der Waals surface area contributed by atoms with Gasteiger partial charge in [-0.3, -0.25) is 9.88 Å². The second-order valence-corrected chi connectivity index (χ2v) is 5.22. The van der Waals surface area contributed by atoms with Crippen molar-refractivity contribution in [2.75, 3.05) is 19.6 Å². The van der Waals surface area contributed by atoms with Crippen LogP contribution in [0.5, 0.6) is 0 Å². The lowest BCUT2D eigenvalue weighted by atomic mass is 9.99. The number of rotatable bonds is 5. The van der Waals surface area contributed by atoms with Crippen molar-refractivity contribution in [3.8, 4) is 0 Å². The van der Waals surface area contributed by atoms with Crippen molar-refractivity contribution in [2.24, 2.45) is 0 Å². The van der Waals surface area contributed by atoms with E-state index >= 15 is 0 Å². The van der Waals surface area contributed by atoms with Gasteiger partial charge in [-0.25, -0.2) is 0 Å². The molecule has 1 aromatic rings. The molecule has 94 valence electrons. The van der Waals surface area contributed by atoms with Gasteiger partial charge in [0, 0.05) is 24.8 Å². The summed E-state index contributed by atoms with van der Waals surface area (Å²) in [6, 6.07) is 6.14. The Kier molecular flexibility index (Phi) is 4.13. The van der Waals surface area contributed by atoms with Crippen molar-refractivity contribution in [3.05, 3.63) is 30.1 Å². The maximum Gasteiger partial charge on any atom is 0.0543 e. The third-order valence-electron chi connectivity index (χ3n) is 3.59. The summed E-state index contributed by atoms with van der Waals surface area (Å²) < 4.78 is 0. The quantitative estimate of drug-likeness (QED) is 0.843. The molecule has 3 heteroatoms. The van der Waals surface area contributed by atoms with Crippen molar-refractivity contribution < 1.29 is 0 Å². The molecule has 1 unspecified atom stereocenters. The molecule has 1 fully saturated rings. The Hall–Kier alpha value is -0.930. The fourth-order valence-corrected chi connectivity index (χ4v) is 2.59. The predicted molar refractivity (Wildman–Crippen MR) is 70.8 cm³/mol. The zero-order chi connectivity index (χ0) is 12.1. The van der Waals surface area contributed by atoms with Gasteiger partial charge in [-0.15, -0.1) is 0 Å². The van der Waals surface area contributed by atoms with Crippen LogP contribution in [-0.2, 0) is 6.54 Å². The lowest BCUT2D eigenvalue weighted by molar-refractivity contribution is 0.203. The van der Waals surface area contributed by atoms with E-state index in [1.165, 1.54) is 12.8 Å². The predicted octanol–water partition coefficient (Wildman–Crippen LogP) is 2.05. The van der Waals surface area contributed by atoms with Gasteiger partial charge in [-0.05, 0) is 45.0 Å². The lowest BCUT2D eigenvalue weighted by Crippen LogP contribution is -2.47. The zero-order valence-electron chi connectivity index (χ0n) is 10.9. The van der Waals surface area contributed by atoms with E-state index < -0.39 is 0 Å². The van der Waals surface area contributed by atoms with E-state index in [0.717, 1.165) is 31.9 Å². The molecule has 2 heterocycles. The minimum absolute atomic E-state index is 0.296. The van der Waals surface area contributed by atoms with Gasteiger partial charge in [0.1, 0.15) is 0 Å². The average Bonchev–Trinajstić information content (AvgIpc) is 2.76. The number of hydrogen-bond donors (Lipinski definition) is 1. The van der Waals surface area contributed by atoms with Crippen LogP contribution in [0.2, 0.25) is 0 Å². The Morgan fingerprint density at radius 2 is 2.35 bits per heavy atom. The third kappa shape index (κ3) is 3.51. The van der Waals surface area contributed by atoms with Gasteiger partial charge in [0.25, 0.3) is 0 Å². The zero-order valence-corrected chi connectivity index (χ0v) is 10.9. The molecule has 0 bridgehead atoms. The Labute approximate surface area is 104 Å². The van der Waals surface area contributed by atoms with Crippen molar-refractivity contribution in [3.63, 3.8) is 0 Å². The molecule has 0 spiro atoms. The van der Waals surface area contributed by atoms with Crippen molar-refractivity contribution >= 4 is 0 Å². The molecule has 0 aliphatic carbocycles. The van der Waals surface area contributed by atoms with Gasteiger partial charge in [-0.1, -0.05) is 13.0 Å². The highest BCUT2D eigenvalue weighted by Gasteiger charge is 2.29. The molecule has 1 N–H and O–H groups in total.